The Kier molecular flexibility index (Phi) is 4.00. The van der Waals surface area contributed by atoms with Crippen LogP contribution in [0.4, 0.5) is 29.3 Å². The Balaban J connectivity index is 1.53. The fourth-order valence-corrected chi connectivity index (χ4v) is 3.46. The van der Waals surface area contributed by atoms with E-state index in [0.717, 1.165) is 43.3 Å². The fraction of sp³-hybridized carbons (Fsp3) is 0.333. The number of piperazine rings is 1. The van der Waals surface area contributed by atoms with Gasteiger partial charge in [-0.05, 0) is 18.2 Å². The number of aromatic nitrogens is 2. The third kappa shape index (κ3) is 3.40. The topological polar surface area (TPSA) is 66.2 Å². The first-order valence-electron chi connectivity index (χ1n) is 7.65. The first-order valence-corrected chi connectivity index (χ1v) is 8.47. The van der Waals surface area contributed by atoms with Crippen LogP contribution in [0, 0.1) is 0 Å². The summed E-state index contributed by atoms with van der Waals surface area (Å²) >= 11 is 1.45. The number of nitrogens with zero attached hydrogens (tertiary/aromatic N) is 3. The summed E-state index contributed by atoms with van der Waals surface area (Å²) in [4.78, 5) is 10.7. The third-order valence-electron chi connectivity index (χ3n) is 3.85. The van der Waals surface area contributed by atoms with Gasteiger partial charge >= 0.3 is 12.2 Å². The van der Waals surface area contributed by atoms with Crippen molar-refractivity contribution < 1.29 is 17.6 Å². The molecule has 6 nitrogen and oxygen atoms in total. The summed E-state index contributed by atoms with van der Waals surface area (Å²) in [5.41, 5.74) is -0.330. The van der Waals surface area contributed by atoms with E-state index in [-0.39, 0.29) is 11.6 Å². The minimum Gasteiger partial charge on any atom is -0.423 e. The first-order chi connectivity index (χ1) is 12.0. The zero-order valence-corrected chi connectivity index (χ0v) is 13.7. The van der Waals surface area contributed by atoms with Crippen molar-refractivity contribution in [2.75, 3.05) is 36.4 Å². The Hall–Kier alpha value is -2.33. The van der Waals surface area contributed by atoms with E-state index in [1.54, 1.807) is 6.20 Å². The average Bonchev–Trinajstić information content (AvgIpc) is 3.20. The number of hydrogen-bond acceptors (Lipinski definition) is 7. The minimum atomic E-state index is -4.41. The average molecular weight is 369 g/mol. The zero-order valence-electron chi connectivity index (χ0n) is 12.9. The van der Waals surface area contributed by atoms with Gasteiger partial charge in [0.25, 0.3) is 0 Å². The number of anilines is 3. The molecule has 4 rings (SSSR count). The van der Waals surface area contributed by atoms with Gasteiger partial charge < -0.3 is 14.6 Å². The molecule has 10 heteroatoms. The van der Waals surface area contributed by atoms with Crippen LogP contribution >= 0.6 is 11.3 Å². The van der Waals surface area contributed by atoms with Gasteiger partial charge in [0, 0.05) is 26.2 Å². The number of thiazole rings is 1. The molecular formula is C15H14F3N5OS. The van der Waals surface area contributed by atoms with Crippen molar-refractivity contribution in [1.82, 2.24) is 15.3 Å². The van der Waals surface area contributed by atoms with Crippen molar-refractivity contribution in [2.24, 2.45) is 0 Å². The van der Waals surface area contributed by atoms with Crippen LogP contribution in [0.5, 0.6) is 0 Å². The summed E-state index contributed by atoms with van der Waals surface area (Å²) in [6.45, 7) is 3.66. The minimum absolute atomic E-state index is 0.0798. The molecule has 3 aromatic rings. The number of alkyl halides is 3. The lowest BCUT2D eigenvalue weighted by atomic mass is 10.2. The molecule has 0 amide bonds. The highest BCUT2D eigenvalue weighted by atomic mass is 32.1. The zero-order chi connectivity index (χ0) is 17.4. The smallest absolute Gasteiger partial charge is 0.416 e. The second kappa shape index (κ2) is 6.19. The third-order valence-corrected chi connectivity index (χ3v) is 4.83. The molecule has 1 saturated heterocycles. The highest BCUT2D eigenvalue weighted by Crippen LogP contribution is 2.33. The molecule has 2 N–H and O–H groups in total. The van der Waals surface area contributed by atoms with Crippen LogP contribution in [0.2, 0.25) is 0 Å². The van der Waals surface area contributed by atoms with Crippen LogP contribution in [0.1, 0.15) is 5.56 Å². The molecule has 1 aromatic carbocycles. The number of fused-ring (bicyclic) bond motifs is 1. The van der Waals surface area contributed by atoms with Gasteiger partial charge in [-0.2, -0.15) is 18.2 Å². The van der Waals surface area contributed by atoms with E-state index in [1.165, 1.54) is 17.4 Å². The lowest BCUT2D eigenvalue weighted by Gasteiger charge is -2.27. The largest absolute Gasteiger partial charge is 0.423 e. The number of halogens is 3. The molecule has 0 atom stereocenters. The van der Waals surface area contributed by atoms with E-state index >= 15 is 0 Å². The number of rotatable bonds is 3. The van der Waals surface area contributed by atoms with Gasteiger partial charge in [0.1, 0.15) is 10.5 Å². The Morgan fingerprint density at radius 3 is 2.80 bits per heavy atom. The summed E-state index contributed by atoms with van der Waals surface area (Å²) in [6.07, 6.45) is -2.65. The van der Waals surface area contributed by atoms with E-state index in [4.69, 9.17) is 4.42 Å². The molecule has 0 saturated carbocycles. The monoisotopic (exact) mass is 369 g/mol. The highest BCUT2D eigenvalue weighted by Gasteiger charge is 2.31. The first kappa shape index (κ1) is 16.2. The van der Waals surface area contributed by atoms with Gasteiger partial charge in [-0.15, -0.1) is 0 Å². The molecule has 25 heavy (non-hydrogen) atoms. The van der Waals surface area contributed by atoms with Crippen LogP contribution in [-0.2, 0) is 6.18 Å². The quantitative estimate of drug-likeness (QED) is 0.737. The van der Waals surface area contributed by atoms with Crippen molar-refractivity contribution >= 4 is 38.6 Å². The molecule has 0 bridgehead atoms. The van der Waals surface area contributed by atoms with Gasteiger partial charge in [-0.3, -0.25) is 5.32 Å². The summed E-state index contributed by atoms with van der Waals surface area (Å²) in [5, 5.41) is 7.81. The van der Waals surface area contributed by atoms with Crippen molar-refractivity contribution in [2.45, 2.75) is 6.18 Å². The molecule has 1 aliphatic heterocycles. The van der Waals surface area contributed by atoms with Gasteiger partial charge in [-0.1, -0.05) is 11.3 Å². The van der Waals surface area contributed by atoms with Crippen LogP contribution < -0.4 is 15.5 Å². The molecule has 0 radical (unpaired) electrons. The number of nitrogens with one attached hydrogen (secondary N) is 2. The number of benzene rings is 1. The van der Waals surface area contributed by atoms with Gasteiger partial charge in [0.2, 0.25) is 0 Å². The summed E-state index contributed by atoms with van der Waals surface area (Å²) < 4.78 is 43.6. The lowest BCUT2D eigenvalue weighted by Crippen LogP contribution is -2.43. The van der Waals surface area contributed by atoms with Crippen LogP contribution in [-0.4, -0.2) is 36.1 Å². The highest BCUT2D eigenvalue weighted by molar-refractivity contribution is 7.19. The lowest BCUT2D eigenvalue weighted by molar-refractivity contribution is -0.137. The van der Waals surface area contributed by atoms with Crippen LogP contribution in [0.3, 0.4) is 0 Å². The standard InChI is InChI=1S/C15H14F3N5OS/c16-15(17,18)9-1-2-10-11(7-9)24-13(21-10)22-14-20-8-12(25-14)23-5-3-19-4-6-23/h1-2,7-8,19H,3-6H2,(H,20,21,22). The normalized spacial score (nSPS) is 15.7. The molecule has 1 fully saturated rings. The molecule has 3 heterocycles. The molecule has 0 spiro atoms. The Bertz CT molecular complexity index is 885. The van der Waals surface area contributed by atoms with Crippen molar-refractivity contribution in [3.63, 3.8) is 0 Å². The Morgan fingerprint density at radius 2 is 2.04 bits per heavy atom. The molecule has 2 aromatic heterocycles. The van der Waals surface area contributed by atoms with E-state index < -0.39 is 11.7 Å². The molecule has 0 aliphatic carbocycles. The predicted octanol–water partition coefficient (Wildman–Crippen LogP) is 3.46. The second-order valence-electron chi connectivity index (χ2n) is 5.56. The van der Waals surface area contributed by atoms with E-state index in [0.29, 0.717) is 10.6 Å². The fourth-order valence-electron chi connectivity index (χ4n) is 2.60. The Labute approximate surface area is 144 Å². The van der Waals surface area contributed by atoms with Crippen molar-refractivity contribution in [1.29, 1.82) is 0 Å². The van der Waals surface area contributed by atoms with Gasteiger partial charge in [-0.25, -0.2) is 4.98 Å². The predicted molar refractivity (Wildman–Crippen MR) is 89.5 cm³/mol. The van der Waals surface area contributed by atoms with Gasteiger partial charge in [0.15, 0.2) is 10.7 Å². The maximum atomic E-state index is 12.8. The van der Waals surface area contributed by atoms with Crippen LogP contribution in [0.25, 0.3) is 11.1 Å². The van der Waals surface area contributed by atoms with E-state index in [2.05, 4.69) is 25.5 Å². The van der Waals surface area contributed by atoms with Crippen LogP contribution in [0.15, 0.2) is 28.8 Å². The van der Waals surface area contributed by atoms with Crippen molar-refractivity contribution in [3.05, 3.63) is 30.0 Å². The van der Waals surface area contributed by atoms with E-state index in [9.17, 15) is 13.2 Å². The SMILES string of the molecule is FC(F)(F)c1ccc2nc(Nc3ncc(N4CCNCC4)s3)oc2c1. The number of oxazole rings is 1. The molecule has 1 aliphatic rings. The van der Waals surface area contributed by atoms with E-state index in [1.807, 2.05) is 0 Å². The molecule has 132 valence electrons. The maximum absolute atomic E-state index is 12.8. The summed E-state index contributed by atoms with van der Waals surface area (Å²) in [5.74, 6) is 0. The Morgan fingerprint density at radius 1 is 1.24 bits per heavy atom. The molecular weight excluding hydrogens is 355 g/mol. The van der Waals surface area contributed by atoms with Crippen molar-refractivity contribution in [3.8, 4) is 0 Å². The maximum Gasteiger partial charge on any atom is 0.416 e. The summed E-state index contributed by atoms with van der Waals surface area (Å²) in [7, 11) is 0. The number of hydrogen-bond donors (Lipinski definition) is 2. The summed E-state index contributed by atoms with van der Waals surface area (Å²) in [6, 6.07) is 3.35. The van der Waals surface area contributed by atoms with Gasteiger partial charge in [0.05, 0.1) is 11.8 Å². The molecule has 0 unspecified atom stereocenters. The second-order valence-corrected chi connectivity index (χ2v) is 6.57.